The van der Waals surface area contributed by atoms with E-state index in [1.807, 2.05) is 24.1 Å². The minimum Gasteiger partial charge on any atom is -0.359 e. The standard InChI is InChI=1S/C15H23N3O/c1-12-6-3-4-7-13(12)18-11-5-10-17(2)15(19)14(18)8-9-16/h3-4,6-7,14H,5,8-11,16H2,1-2H3. The van der Waals surface area contributed by atoms with Gasteiger partial charge >= 0.3 is 0 Å². The minimum absolute atomic E-state index is 0.126. The highest BCUT2D eigenvalue weighted by molar-refractivity contribution is 5.86. The highest BCUT2D eigenvalue weighted by atomic mass is 16.2. The molecule has 1 heterocycles. The van der Waals surface area contributed by atoms with Gasteiger partial charge in [0.2, 0.25) is 5.91 Å². The lowest BCUT2D eigenvalue weighted by Crippen LogP contribution is -2.46. The topological polar surface area (TPSA) is 49.6 Å². The zero-order valence-corrected chi connectivity index (χ0v) is 11.8. The van der Waals surface area contributed by atoms with Gasteiger partial charge in [-0.2, -0.15) is 0 Å². The molecule has 1 aromatic carbocycles. The summed E-state index contributed by atoms with van der Waals surface area (Å²) in [5.41, 5.74) is 8.07. The number of benzene rings is 1. The lowest BCUT2D eigenvalue weighted by atomic mass is 10.1. The molecule has 19 heavy (non-hydrogen) atoms. The Bertz CT molecular complexity index is 447. The molecule has 0 spiro atoms. The second kappa shape index (κ2) is 6.06. The Morgan fingerprint density at radius 3 is 2.74 bits per heavy atom. The Labute approximate surface area is 115 Å². The lowest BCUT2D eigenvalue weighted by molar-refractivity contribution is -0.130. The fourth-order valence-corrected chi connectivity index (χ4v) is 2.74. The van der Waals surface area contributed by atoms with Gasteiger partial charge in [0.05, 0.1) is 0 Å². The smallest absolute Gasteiger partial charge is 0.245 e. The molecule has 2 rings (SSSR count). The zero-order chi connectivity index (χ0) is 13.8. The van der Waals surface area contributed by atoms with Crippen molar-refractivity contribution < 1.29 is 4.79 Å². The Kier molecular flexibility index (Phi) is 4.43. The van der Waals surface area contributed by atoms with E-state index in [2.05, 4.69) is 24.0 Å². The summed E-state index contributed by atoms with van der Waals surface area (Å²) in [5.74, 6) is 0.186. The second-order valence-electron chi connectivity index (χ2n) is 5.19. The molecule has 0 saturated carbocycles. The summed E-state index contributed by atoms with van der Waals surface area (Å²) < 4.78 is 0. The molecule has 1 aliphatic rings. The molecule has 2 N–H and O–H groups in total. The Hall–Kier alpha value is -1.55. The van der Waals surface area contributed by atoms with Crippen LogP contribution in [0.4, 0.5) is 5.69 Å². The van der Waals surface area contributed by atoms with Gasteiger partial charge in [-0.3, -0.25) is 4.79 Å². The first-order chi connectivity index (χ1) is 9.15. The first-order valence-electron chi connectivity index (χ1n) is 6.92. The average Bonchev–Trinajstić information content (AvgIpc) is 2.53. The number of aryl methyl sites for hydroxylation is 1. The van der Waals surface area contributed by atoms with Gasteiger partial charge in [0.15, 0.2) is 0 Å². The third kappa shape index (κ3) is 2.89. The van der Waals surface area contributed by atoms with Crippen LogP contribution >= 0.6 is 0 Å². The summed E-state index contributed by atoms with van der Waals surface area (Å²) in [4.78, 5) is 16.5. The van der Waals surface area contributed by atoms with Crippen molar-refractivity contribution in [3.8, 4) is 0 Å². The van der Waals surface area contributed by atoms with Crippen molar-refractivity contribution in [1.29, 1.82) is 0 Å². The predicted molar refractivity (Wildman–Crippen MR) is 78.2 cm³/mol. The van der Waals surface area contributed by atoms with E-state index >= 15 is 0 Å². The fourth-order valence-electron chi connectivity index (χ4n) is 2.74. The van der Waals surface area contributed by atoms with Crippen LogP contribution in [0.15, 0.2) is 24.3 Å². The van der Waals surface area contributed by atoms with Crippen LogP contribution in [0.2, 0.25) is 0 Å². The van der Waals surface area contributed by atoms with Crippen LogP contribution < -0.4 is 10.6 Å². The molecule has 0 aliphatic carbocycles. The van der Waals surface area contributed by atoms with Gasteiger partial charge in [-0.15, -0.1) is 0 Å². The van der Waals surface area contributed by atoms with Gasteiger partial charge in [0.1, 0.15) is 6.04 Å². The lowest BCUT2D eigenvalue weighted by Gasteiger charge is -2.32. The number of amides is 1. The molecule has 1 aliphatic heterocycles. The number of nitrogens with zero attached hydrogens (tertiary/aromatic N) is 2. The van der Waals surface area contributed by atoms with E-state index in [-0.39, 0.29) is 11.9 Å². The maximum Gasteiger partial charge on any atom is 0.245 e. The van der Waals surface area contributed by atoms with Crippen LogP contribution in [0, 0.1) is 6.92 Å². The number of rotatable bonds is 3. The number of hydrogen-bond acceptors (Lipinski definition) is 3. The molecule has 1 aromatic rings. The summed E-state index contributed by atoms with van der Waals surface area (Å²) in [6.45, 7) is 4.36. The molecule has 1 unspecified atom stereocenters. The first-order valence-corrected chi connectivity index (χ1v) is 6.92. The van der Waals surface area contributed by atoms with E-state index in [1.165, 1.54) is 5.56 Å². The average molecular weight is 261 g/mol. The zero-order valence-electron chi connectivity index (χ0n) is 11.8. The van der Waals surface area contributed by atoms with Crippen molar-refractivity contribution in [2.75, 3.05) is 31.6 Å². The molecule has 0 bridgehead atoms. The molecule has 4 nitrogen and oxygen atoms in total. The number of anilines is 1. The molecule has 4 heteroatoms. The fraction of sp³-hybridized carbons (Fsp3) is 0.533. The number of hydrogen-bond donors (Lipinski definition) is 1. The van der Waals surface area contributed by atoms with Gasteiger partial charge in [-0.1, -0.05) is 18.2 Å². The van der Waals surface area contributed by atoms with E-state index < -0.39 is 0 Å². The first kappa shape index (κ1) is 13.9. The number of carbonyl (C=O) groups excluding carboxylic acids is 1. The molecule has 0 radical (unpaired) electrons. The maximum absolute atomic E-state index is 12.5. The van der Waals surface area contributed by atoms with Crippen LogP contribution in [0.25, 0.3) is 0 Å². The quantitative estimate of drug-likeness (QED) is 0.894. The second-order valence-corrected chi connectivity index (χ2v) is 5.19. The minimum atomic E-state index is -0.126. The van der Waals surface area contributed by atoms with E-state index in [4.69, 9.17) is 5.73 Å². The van der Waals surface area contributed by atoms with Gasteiger partial charge in [0, 0.05) is 25.8 Å². The molecule has 104 valence electrons. The van der Waals surface area contributed by atoms with Crippen LogP contribution in [-0.2, 0) is 4.79 Å². The number of para-hydroxylation sites is 1. The number of carbonyl (C=O) groups is 1. The van der Waals surface area contributed by atoms with E-state index in [9.17, 15) is 4.79 Å². The molecule has 1 atom stereocenters. The van der Waals surface area contributed by atoms with Gasteiger partial charge in [0.25, 0.3) is 0 Å². The van der Waals surface area contributed by atoms with Gasteiger partial charge < -0.3 is 15.5 Å². The molecular weight excluding hydrogens is 238 g/mol. The predicted octanol–water partition coefficient (Wildman–Crippen LogP) is 1.38. The summed E-state index contributed by atoms with van der Waals surface area (Å²) in [5, 5.41) is 0. The van der Waals surface area contributed by atoms with Crippen molar-refractivity contribution in [2.24, 2.45) is 5.73 Å². The summed E-state index contributed by atoms with van der Waals surface area (Å²) in [7, 11) is 1.88. The van der Waals surface area contributed by atoms with Crippen molar-refractivity contribution in [2.45, 2.75) is 25.8 Å². The monoisotopic (exact) mass is 261 g/mol. The highest BCUT2D eigenvalue weighted by Crippen LogP contribution is 2.25. The van der Waals surface area contributed by atoms with Crippen LogP contribution in [0.5, 0.6) is 0 Å². The molecule has 0 aromatic heterocycles. The van der Waals surface area contributed by atoms with Crippen molar-refractivity contribution >= 4 is 11.6 Å². The Balaban J connectivity index is 2.35. The maximum atomic E-state index is 12.5. The summed E-state index contributed by atoms with van der Waals surface area (Å²) in [6.07, 6.45) is 1.70. The molecule has 1 fully saturated rings. The highest BCUT2D eigenvalue weighted by Gasteiger charge is 2.31. The third-order valence-electron chi connectivity index (χ3n) is 3.80. The summed E-state index contributed by atoms with van der Waals surface area (Å²) in [6, 6.07) is 8.12. The normalized spacial score (nSPS) is 20.6. The summed E-state index contributed by atoms with van der Waals surface area (Å²) >= 11 is 0. The van der Waals surface area contributed by atoms with E-state index in [1.54, 1.807) is 0 Å². The van der Waals surface area contributed by atoms with Crippen molar-refractivity contribution in [3.05, 3.63) is 29.8 Å². The Morgan fingerprint density at radius 1 is 1.32 bits per heavy atom. The van der Waals surface area contributed by atoms with Gasteiger partial charge in [-0.25, -0.2) is 0 Å². The van der Waals surface area contributed by atoms with E-state index in [0.717, 1.165) is 25.2 Å². The number of nitrogens with two attached hydrogens (primary N) is 1. The molecular formula is C15H23N3O. The van der Waals surface area contributed by atoms with Crippen molar-refractivity contribution in [3.63, 3.8) is 0 Å². The van der Waals surface area contributed by atoms with E-state index in [0.29, 0.717) is 13.0 Å². The van der Waals surface area contributed by atoms with Crippen LogP contribution in [-0.4, -0.2) is 43.5 Å². The Morgan fingerprint density at radius 2 is 2.05 bits per heavy atom. The van der Waals surface area contributed by atoms with Crippen LogP contribution in [0.3, 0.4) is 0 Å². The molecule has 1 amide bonds. The number of likely N-dealkylation sites (N-methyl/N-ethyl adjacent to an activating group) is 1. The largest absolute Gasteiger partial charge is 0.359 e. The van der Waals surface area contributed by atoms with Crippen molar-refractivity contribution in [1.82, 2.24) is 4.90 Å². The van der Waals surface area contributed by atoms with Crippen LogP contribution in [0.1, 0.15) is 18.4 Å². The molecule has 1 saturated heterocycles. The third-order valence-corrected chi connectivity index (χ3v) is 3.80. The SMILES string of the molecule is Cc1ccccc1N1CCCN(C)C(=O)C1CCN. The van der Waals surface area contributed by atoms with Gasteiger partial charge in [-0.05, 0) is 37.9 Å².